The summed E-state index contributed by atoms with van der Waals surface area (Å²) in [6, 6.07) is 16.9. The number of nitrogens with one attached hydrogen (secondary N) is 2. The molecule has 0 fully saturated rings. The molecular weight excluding hydrogens is 266 g/mol. The summed E-state index contributed by atoms with van der Waals surface area (Å²) in [7, 11) is 0. The van der Waals surface area contributed by atoms with Gasteiger partial charge in [0.05, 0.1) is 11.0 Å². The molecule has 3 aromatic rings. The summed E-state index contributed by atoms with van der Waals surface area (Å²) in [5, 5.41) is 2.67. The lowest BCUT2D eigenvalue weighted by molar-refractivity contribution is 0.117. The van der Waals surface area contributed by atoms with Gasteiger partial charge in [0.1, 0.15) is 5.82 Å². The number of anilines is 1. The fourth-order valence-corrected chi connectivity index (χ4v) is 2.05. The number of hydrogen-bond donors (Lipinski definition) is 2. The summed E-state index contributed by atoms with van der Waals surface area (Å²) in [6.45, 7) is 1.78. The van der Waals surface area contributed by atoms with Gasteiger partial charge < -0.3 is 9.72 Å². The van der Waals surface area contributed by atoms with Gasteiger partial charge in [-0.05, 0) is 31.2 Å². The number of aromatic amines is 1. The van der Waals surface area contributed by atoms with Crippen LogP contribution in [0.5, 0.6) is 0 Å². The highest BCUT2D eigenvalue weighted by molar-refractivity contribution is 5.84. The molecule has 0 spiro atoms. The van der Waals surface area contributed by atoms with Crippen LogP contribution in [-0.4, -0.2) is 16.1 Å². The van der Waals surface area contributed by atoms with Crippen LogP contribution >= 0.6 is 0 Å². The van der Waals surface area contributed by atoms with Crippen molar-refractivity contribution in [2.75, 3.05) is 5.32 Å². The second-order valence-corrected chi connectivity index (χ2v) is 4.68. The zero-order chi connectivity index (χ0) is 14.7. The predicted octanol–water partition coefficient (Wildman–Crippen LogP) is 3.87. The van der Waals surface area contributed by atoms with Crippen molar-refractivity contribution in [2.45, 2.75) is 13.0 Å². The van der Waals surface area contributed by atoms with E-state index < -0.39 is 12.2 Å². The Labute approximate surface area is 122 Å². The highest BCUT2D eigenvalue weighted by Gasteiger charge is 2.15. The first-order valence-electron chi connectivity index (χ1n) is 6.70. The van der Waals surface area contributed by atoms with E-state index in [1.54, 1.807) is 19.1 Å². The number of nitrogens with zero attached hydrogens (tertiary/aromatic N) is 1. The van der Waals surface area contributed by atoms with Gasteiger partial charge in [-0.1, -0.05) is 30.3 Å². The van der Waals surface area contributed by atoms with Crippen molar-refractivity contribution < 1.29 is 9.53 Å². The highest BCUT2D eigenvalue weighted by atomic mass is 16.6. The maximum atomic E-state index is 11.8. The van der Waals surface area contributed by atoms with E-state index in [0.717, 1.165) is 11.0 Å². The maximum absolute atomic E-state index is 11.8. The predicted molar refractivity (Wildman–Crippen MR) is 81.1 cm³/mol. The molecule has 1 aromatic heterocycles. The number of rotatable bonds is 3. The summed E-state index contributed by atoms with van der Waals surface area (Å²) in [4.78, 5) is 19.4. The highest BCUT2D eigenvalue weighted by Crippen LogP contribution is 2.19. The lowest BCUT2D eigenvalue weighted by Gasteiger charge is -2.11. The third kappa shape index (κ3) is 3.02. The van der Waals surface area contributed by atoms with Gasteiger partial charge >= 0.3 is 6.09 Å². The van der Waals surface area contributed by atoms with Crippen LogP contribution in [-0.2, 0) is 4.74 Å². The number of aromatic nitrogens is 2. The molecule has 5 heteroatoms. The van der Waals surface area contributed by atoms with Crippen molar-refractivity contribution in [3.05, 3.63) is 60.4 Å². The standard InChI is InChI=1S/C16H15N3O2/c1-11(15-18-13-9-5-6-10-14(13)19-15)21-16(20)17-12-7-3-2-4-8-12/h2-11H,1H3,(H,17,20)(H,18,19). The molecule has 0 bridgehead atoms. The lowest BCUT2D eigenvalue weighted by Crippen LogP contribution is -2.16. The molecule has 106 valence electrons. The summed E-state index contributed by atoms with van der Waals surface area (Å²) < 4.78 is 5.33. The van der Waals surface area contributed by atoms with Gasteiger partial charge in [-0.3, -0.25) is 5.32 Å². The molecule has 0 aliphatic rings. The molecule has 0 saturated heterocycles. The van der Waals surface area contributed by atoms with Crippen molar-refractivity contribution in [2.24, 2.45) is 0 Å². The third-order valence-corrected chi connectivity index (χ3v) is 3.10. The molecule has 1 heterocycles. The molecule has 0 aliphatic heterocycles. The van der Waals surface area contributed by atoms with E-state index >= 15 is 0 Å². The van der Waals surface area contributed by atoms with Crippen molar-refractivity contribution in [3.63, 3.8) is 0 Å². The van der Waals surface area contributed by atoms with E-state index in [2.05, 4.69) is 15.3 Å². The monoisotopic (exact) mass is 281 g/mol. The zero-order valence-corrected chi connectivity index (χ0v) is 11.5. The molecule has 21 heavy (non-hydrogen) atoms. The number of imidazole rings is 1. The second kappa shape index (κ2) is 5.66. The minimum atomic E-state index is -0.505. The number of benzene rings is 2. The fraction of sp³-hybridized carbons (Fsp3) is 0.125. The average molecular weight is 281 g/mol. The average Bonchev–Trinajstić information content (AvgIpc) is 2.92. The van der Waals surface area contributed by atoms with Crippen molar-refractivity contribution in [3.8, 4) is 0 Å². The Hall–Kier alpha value is -2.82. The quantitative estimate of drug-likeness (QED) is 0.765. The van der Waals surface area contributed by atoms with Gasteiger partial charge in [0.15, 0.2) is 6.10 Å². The first-order valence-corrected chi connectivity index (χ1v) is 6.70. The number of amides is 1. The topological polar surface area (TPSA) is 67.0 Å². The SMILES string of the molecule is CC(OC(=O)Nc1ccccc1)c1nc2ccccc2[nH]1. The molecule has 3 rings (SSSR count). The van der Waals surface area contributed by atoms with Crippen LogP contribution in [0.4, 0.5) is 10.5 Å². The normalized spacial score (nSPS) is 12.0. The van der Waals surface area contributed by atoms with E-state index in [1.807, 2.05) is 42.5 Å². The van der Waals surface area contributed by atoms with E-state index in [4.69, 9.17) is 4.74 Å². The number of ether oxygens (including phenoxy) is 1. The van der Waals surface area contributed by atoms with Crippen LogP contribution in [0.2, 0.25) is 0 Å². The van der Waals surface area contributed by atoms with E-state index in [-0.39, 0.29) is 0 Å². The molecule has 1 amide bonds. The number of para-hydroxylation sites is 3. The molecule has 2 N–H and O–H groups in total. The van der Waals surface area contributed by atoms with Crippen LogP contribution in [0.1, 0.15) is 18.9 Å². The second-order valence-electron chi connectivity index (χ2n) is 4.68. The summed E-state index contributed by atoms with van der Waals surface area (Å²) in [6.07, 6.45) is -0.963. The van der Waals surface area contributed by atoms with E-state index in [0.29, 0.717) is 11.5 Å². The molecule has 0 aliphatic carbocycles. The first-order chi connectivity index (χ1) is 10.2. The van der Waals surface area contributed by atoms with Gasteiger partial charge in [-0.25, -0.2) is 9.78 Å². The number of hydrogen-bond acceptors (Lipinski definition) is 3. The third-order valence-electron chi connectivity index (χ3n) is 3.10. The molecule has 2 aromatic carbocycles. The van der Waals surface area contributed by atoms with Crippen molar-refractivity contribution in [1.82, 2.24) is 9.97 Å². The van der Waals surface area contributed by atoms with Crippen LogP contribution in [0, 0.1) is 0 Å². The lowest BCUT2D eigenvalue weighted by atomic mass is 10.3. The minimum Gasteiger partial charge on any atom is -0.438 e. The largest absolute Gasteiger partial charge is 0.438 e. The number of carbonyl (C=O) groups excluding carboxylic acids is 1. The molecule has 1 atom stereocenters. The maximum Gasteiger partial charge on any atom is 0.412 e. The molecule has 1 unspecified atom stereocenters. The van der Waals surface area contributed by atoms with E-state index in [9.17, 15) is 4.79 Å². The molecular formula is C16H15N3O2. The first kappa shape index (κ1) is 13.2. The van der Waals surface area contributed by atoms with Gasteiger partial charge in [-0.2, -0.15) is 0 Å². The Morgan fingerprint density at radius 3 is 2.62 bits per heavy atom. The zero-order valence-electron chi connectivity index (χ0n) is 11.5. The van der Waals surface area contributed by atoms with Gasteiger partial charge in [0, 0.05) is 5.69 Å². The van der Waals surface area contributed by atoms with Crippen LogP contribution in [0.3, 0.4) is 0 Å². The Morgan fingerprint density at radius 2 is 1.86 bits per heavy atom. The van der Waals surface area contributed by atoms with Crippen molar-refractivity contribution in [1.29, 1.82) is 0 Å². The van der Waals surface area contributed by atoms with E-state index in [1.165, 1.54) is 0 Å². The van der Waals surface area contributed by atoms with Crippen LogP contribution < -0.4 is 5.32 Å². The number of H-pyrrole nitrogens is 1. The molecule has 0 saturated carbocycles. The van der Waals surface area contributed by atoms with Gasteiger partial charge in [0.25, 0.3) is 0 Å². The Kier molecular flexibility index (Phi) is 3.55. The van der Waals surface area contributed by atoms with Crippen LogP contribution in [0.15, 0.2) is 54.6 Å². The fourth-order valence-electron chi connectivity index (χ4n) is 2.05. The van der Waals surface area contributed by atoms with Crippen molar-refractivity contribution >= 4 is 22.8 Å². The summed E-state index contributed by atoms with van der Waals surface area (Å²) in [5.41, 5.74) is 2.47. The Morgan fingerprint density at radius 1 is 1.14 bits per heavy atom. The van der Waals surface area contributed by atoms with Gasteiger partial charge in [-0.15, -0.1) is 0 Å². The number of carbonyl (C=O) groups is 1. The smallest absolute Gasteiger partial charge is 0.412 e. The summed E-state index contributed by atoms with van der Waals surface area (Å²) in [5.74, 6) is 0.624. The van der Waals surface area contributed by atoms with Gasteiger partial charge in [0.2, 0.25) is 0 Å². The van der Waals surface area contributed by atoms with Crippen LogP contribution in [0.25, 0.3) is 11.0 Å². The Bertz CT molecular complexity index is 719. The number of fused-ring (bicyclic) bond motifs is 1. The molecule has 0 radical (unpaired) electrons. The Balaban J connectivity index is 1.68. The molecule has 5 nitrogen and oxygen atoms in total. The summed E-state index contributed by atoms with van der Waals surface area (Å²) >= 11 is 0. The minimum absolute atomic E-state index is 0.457.